The zero-order chi connectivity index (χ0) is 28.6. The van der Waals surface area contributed by atoms with E-state index in [2.05, 4.69) is 34.1 Å². The number of piperazine rings is 1. The standard InChI is InChI=1S/C31H27N5O4S2/c37-29-23(17-26-30(38)36(31(41)42-26)19-22-9-10-24-25(16-22)40-20-39-24)28(32-27-8-4-5-11-35(27)29)34-14-12-33(13-15-34)18-21-6-2-1-3-7-21/h1-11,16-17H,12-15,18-20H2/b26-17-. The van der Waals surface area contributed by atoms with Gasteiger partial charge in [-0.1, -0.05) is 66.4 Å². The van der Waals surface area contributed by atoms with Crippen molar-refractivity contribution in [3.63, 3.8) is 0 Å². The summed E-state index contributed by atoms with van der Waals surface area (Å²) < 4.78 is 12.8. The number of hydrogen-bond acceptors (Lipinski definition) is 9. The fourth-order valence-corrected chi connectivity index (χ4v) is 6.64. The highest BCUT2D eigenvalue weighted by Crippen LogP contribution is 2.37. The summed E-state index contributed by atoms with van der Waals surface area (Å²) >= 11 is 6.80. The second kappa shape index (κ2) is 11.2. The first kappa shape index (κ1) is 26.7. The summed E-state index contributed by atoms with van der Waals surface area (Å²) in [7, 11) is 0. The van der Waals surface area contributed by atoms with E-state index in [9.17, 15) is 9.59 Å². The fraction of sp³-hybridized carbons (Fsp3) is 0.226. The first-order chi connectivity index (χ1) is 20.5. The van der Waals surface area contributed by atoms with Crippen LogP contribution in [0.1, 0.15) is 16.7 Å². The minimum absolute atomic E-state index is 0.183. The van der Waals surface area contributed by atoms with Crippen LogP contribution >= 0.6 is 24.0 Å². The molecular weight excluding hydrogens is 571 g/mol. The second-order valence-electron chi connectivity index (χ2n) is 10.3. The summed E-state index contributed by atoms with van der Waals surface area (Å²) in [5.74, 6) is 1.68. The van der Waals surface area contributed by atoms with Gasteiger partial charge in [0.25, 0.3) is 11.5 Å². The largest absolute Gasteiger partial charge is 0.454 e. The number of thiocarbonyl (C=S) groups is 1. The summed E-state index contributed by atoms with van der Waals surface area (Å²) in [5, 5.41) is 0. The average molecular weight is 598 g/mol. The molecule has 0 atom stereocenters. The minimum Gasteiger partial charge on any atom is -0.454 e. The lowest BCUT2D eigenvalue weighted by Gasteiger charge is -2.36. The first-order valence-electron chi connectivity index (χ1n) is 13.7. The lowest BCUT2D eigenvalue weighted by molar-refractivity contribution is -0.122. The van der Waals surface area contributed by atoms with Crippen molar-refractivity contribution in [1.29, 1.82) is 0 Å². The smallest absolute Gasteiger partial charge is 0.267 e. The molecule has 7 rings (SSSR count). The number of benzene rings is 2. The topological polar surface area (TPSA) is 79.6 Å². The summed E-state index contributed by atoms with van der Waals surface area (Å²) in [6.07, 6.45) is 3.37. The number of fused-ring (bicyclic) bond motifs is 2. The summed E-state index contributed by atoms with van der Waals surface area (Å²) in [6, 6.07) is 21.5. The normalized spacial score (nSPS) is 18.0. The van der Waals surface area contributed by atoms with Gasteiger partial charge in [0.1, 0.15) is 15.8 Å². The molecule has 2 aromatic carbocycles. The van der Waals surface area contributed by atoms with Crippen LogP contribution < -0.4 is 19.9 Å². The first-order valence-corrected chi connectivity index (χ1v) is 14.9. The van der Waals surface area contributed by atoms with Crippen molar-refractivity contribution in [2.24, 2.45) is 0 Å². The Morgan fingerprint density at radius 2 is 1.67 bits per heavy atom. The van der Waals surface area contributed by atoms with Crippen LogP contribution in [0, 0.1) is 0 Å². The van der Waals surface area contributed by atoms with Crippen LogP contribution in [0.3, 0.4) is 0 Å². The molecular formula is C31H27N5O4S2. The predicted molar refractivity (Wildman–Crippen MR) is 167 cm³/mol. The molecule has 0 radical (unpaired) electrons. The summed E-state index contributed by atoms with van der Waals surface area (Å²) in [5.41, 5.74) is 2.88. The Morgan fingerprint density at radius 3 is 2.50 bits per heavy atom. The van der Waals surface area contributed by atoms with Crippen molar-refractivity contribution < 1.29 is 14.3 Å². The van der Waals surface area contributed by atoms with E-state index in [1.165, 1.54) is 21.7 Å². The molecule has 2 aromatic heterocycles. The molecule has 5 heterocycles. The number of aromatic nitrogens is 2. The van der Waals surface area contributed by atoms with Crippen molar-refractivity contribution in [3.8, 4) is 11.5 Å². The van der Waals surface area contributed by atoms with Gasteiger partial charge in [-0.25, -0.2) is 4.98 Å². The van der Waals surface area contributed by atoms with E-state index in [-0.39, 0.29) is 18.3 Å². The minimum atomic E-state index is -0.237. The Hall–Kier alpha value is -4.19. The Morgan fingerprint density at radius 1 is 0.881 bits per heavy atom. The highest BCUT2D eigenvalue weighted by atomic mass is 32.2. The van der Waals surface area contributed by atoms with Crippen molar-refractivity contribution in [3.05, 3.63) is 105 Å². The summed E-state index contributed by atoms with van der Waals surface area (Å²) in [6.45, 7) is 4.46. The number of nitrogens with zero attached hydrogens (tertiary/aromatic N) is 5. The molecule has 3 aliphatic heterocycles. The van der Waals surface area contributed by atoms with Gasteiger partial charge >= 0.3 is 0 Å². The van der Waals surface area contributed by atoms with Crippen LogP contribution in [-0.2, 0) is 17.9 Å². The van der Waals surface area contributed by atoms with Crippen LogP contribution in [-0.4, -0.2) is 62.4 Å². The van der Waals surface area contributed by atoms with E-state index >= 15 is 0 Å². The number of anilines is 1. The molecule has 42 heavy (non-hydrogen) atoms. The molecule has 2 saturated heterocycles. The van der Waals surface area contributed by atoms with E-state index in [1.807, 2.05) is 36.4 Å². The van der Waals surface area contributed by atoms with Gasteiger partial charge in [-0.3, -0.25) is 23.8 Å². The molecule has 1 amide bonds. The van der Waals surface area contributed by atoms with Crippen LogP contribution in [0.2, 0.25) is 0 Å². The van der Waals surface area contributed by atoms with Gasteiger partial charge in [0.15, 0.2) is 11.5 Å². The van der Waals surface area contributed by atoms with Gasteiger partial charge in [0.2, 0.25) is 6.79 Å². The number of carbonyl (C=O) groups excluding carboxylic acids is 1. The molecule has 212 valence electrons. The number of thioether (sulfide) groups is 1. The fourth-order valence-electron chi connectivity index (χ4n) is 5.41. The van der Waals surface area contributed by atoms with E-state index in [1.54, 1.807) is 23.2 Å². The third-order valence-corrected chi connectivity index (χ3v) is 8.97. The van der Waals surface area contributed by atoms with Crippen molar-refractivity contribution in [1.82, 2.24) is 19.2 Å². The second-order valence-corrected chi connectivity index (χ2v) is 12.0. The van der Waals surface area contributed by atoms with Crippen molar-refractivity contribution in [2.75, 3.05) is 37.9 Å². The van der Waals surface area contributed by atoms with Gasteiger partial charge in [-0.2, -0.15) is 0 Å². The molecule has 0 spiro atoms. The highest BCUT2D eigenvalue weighted by Gasteiger charge is 2.33. The van der Waals surface area contributed by atoms with Gasteiger partial charge in [0, 0.05) is 38.9 Å². The van der Waals surface area contributed by atoms with Crippen LogP contribution in [0.25, 0.3) is 11.7 Å². The Balaban J connectivity index is 1.17. The van der Waals surface area contributed by atoms with Crippen LogP contribution in [0.4, 0.5) is 5.82 Å². The molecule has 0 N–H and O–H groups in total. The summed E-state index contributed by atoms with van der Waals surface area (Å²) in [4.78, 5) is 38.8. The zero-order valence-corrected chi connectivity index (χ0v) is 24.3. The predicted octanol–water partition coefficient (Wildman–Crippen LogP) is 4.15. The van der Waals surface area contributed by atoms with Gasteiger partial charge < -0.3 is 14.4 Å². The zero-order valence-electron chi connectivity index (χ0n) is 22.6. The van der Waals surface area contributed by atoms with Gasteiger partial charge in [-0.05, 0) is 41.5 Å². The molecule has 4 aromatic rings. The van der Waals surface area contributed by atoms with E-state index in [4.69, 9.17) is 26.7 Å². The number of hydrogen-bond donors (Lipinski definition) is 0. The van der Waals surface area contributed by atoms with Crippen LogP contribution in [0.5, 0.6) is 11.5 Å². The molecule has 0 bridgehead atoms. The Bertz CT molecular complexity index is 1780. The van der Waals surface area contributed by atoms with Crippen LogP contribution in [0.15, 0.2) is 82.6 Å². The number of amides is 1. The lowest BCUT2D eigenvalue weighted by Crippen LogP contribution is -2.47. The van der Waals surface area contributed by atoms with E-state index < -0.39 is 0 Å². The molecule has 9 nitrogen and oxygen atoms in total. The van der Waals surface area contributed by atoms with Gasteiger partial charge in [0.05, 0.1) is 17.0 Å². The Labute approximate surface area is 252 Å². The number of pyridine rings is 1. The van der Waals surface area contributed by atoms with E-state index in [0.717, 1.165) is 25.2 Å². The molecule has 3 aliphatic rings. The van der Waals surface area contributed by atoms with Crippen molar-refractivity contribution in [2.45, 2.75) is 13.1 Å². The third kappa shape index (κ3) is 5.15. The van der Waals surface area contributed by atoms with Gasteiger partial charge in [-0.15, -0.1) is 0 Å². The number of rotatable bonds is 6. The molecule has 0 aliphatic carbocycles. The molecule has 0 unspecified atom stereocenters. The average Bonchev–Trinajstić information content (AvgIpc) is 3.59. The number of carbonyl (C=O) groups is 1. The van der Waals surface area contributed by atoms with Crippen molar-refractivity contribution >= 4 is 51.7 Å². The number of ether oxygens (including phenoxy) is 2. The Kier molecular flexibility index (Phi) is 7.14. The molecule has 11 heteroatoms. The monoisotopic (exact) mass is 597 g/mol. The molecule has 0 saturated carbocycles. The molecule has 2 fully saturated rings. The van der Waals surface area contributed by atoms with E-state index in [0.29, 0.717) is 57.4 Å². The third-order valence-electron chi connectivity index (χ3n) is 7.60. The lowest BCUT2D eigenvalue weighted by atomic mass is 10.1. The maximum Gasteiger partial charge on any atom is 0.267 e. The quantitative estimate of drug-likeness (QED) is 0.241. The maximum absolute atomic E-state index is 13.8. The maximum atomic E-state index is 13.8. The highest BCUT2D eigenvalue weighted by molar-refractivity contribution is 8.26. The SMILES string of the molecule is O=C1/C(=C/c2c(N3CCN(Cc4ccccc4)CC3)nc3ccccn3c2=O)SC(=S)N1Cc1ccc2c(c1)OCO2.